The molecule has 0 spiro atoms. The van der Waals surface area contributed by atoms with Crippen molar-refractivity contribution in [2.24, 2.45) is 0 Å². The molecule has 0 saturated heterocycles. The Hall–Kier alpha value is -2.40. The number of carbonyl (C=O) groups excluding carboxylic acids is 1. The van der Waals surface area contributed by atoms with E-state index in [2.05, 4.69) is 53.2 Å². The van der Waals surface area contributed by atoms with E-state index in [-0.39, 0.29) is 5.97 Å². The number of benzene rings is 2. The molecule has 1 aliphatic rings. The van der Waals surface area contributed by atoms with Crippen molar-refractivity contribution in [2.75, 3.05) is 18.6 Å². The van der Waals surface area contributed by atoms with Crippen molar-refractivity contribution < 1.29 is 9.53 Å². The second-order valence-corrected chi connectivity index (χ2v) is 7.62. The Morgan fingerprint density at radius 1 is 1.23 bits per heavy atom. The lowest BCUT2D eigenvalue weighted by Gasteiger charge is -2.23. The van der Waals surface area contributed by atoms with E-state index >= 15 is 0 Å². The maximum absolute atomic E-state index is 12.0. The molecule has 5 heteroatoms. The van der Waals surface area contributed by atoms with E-state index in [1.165, 1.54) is 47.6 Å². The molecular weight excluding hydrogens is 344 g/mol. The maximum Gasteiger partial charge on any atom is 0.350 e. The van der Waals surface area contributed by atoms with E-state index in [9.17, 15) is 4.79 Å². The third-order valence-electron chi connectivity index (χ3n) is 4.95. The topological polar surface area (TPSA) is 42.4 Å². The summed E-state index contributed by atoms with van der Waals surface area (Å²) in [5.74, 6) is 0.383. The summed E-state index contributed by atoms with van der Waals surface area (Å²) < 4.78 is 4.88. The molecule has 1 saturated carbocycles. The first-order chi connectivity index (χ1) is 12.6. The number of nitrogens with zero attached hydrogens (tertiary/aromatic N) is 2. The van der Waals surface area contributed by atoms with Gasteiger partial charge in [-0.25, -0.2) is 9.78 Å². The number of hydrogen-bond acceptors (Lipinski definition) is 5. The van der Waals surface area contributed by atoms with Crippen LogP contribution < -0.4 is 4.90 Å². The molecule has 4 nitrogen and oxygen atoms in total. The van der Waals surface area contributed by atoms with Gasteiger partial charge in [-0.3, -0.25) is 0 Å². The quantitative estimate of drug-likeness (QED) is 0.565. The van der Waals surface area contributed by atoms with Gasteiger partial charge in [0.2, 0.25) is 0 Å². The maximum atomic E-state index is 12.0. The van der Waals surface area contributed by atoms with Crippen LogP contribution in [0.15, 0.2) is 36.4 Å². The summed E-state index contributed by atoms with van der Waals surface area (Å²) in [5.41, 5.74) is 3.30. The highest BCUT2D eigenvalue weighted by Gasteiger charge is 2.27. The third kappa shape index (κ3) is 2.86. The van der Waals surface area contributed by atoms with E-state index in [4.69, 9.17) is 4.74 Å². The summed E-state index contributed by atoms with van der Waals surface area (Å²) in [6.07, 6.45) is 2.57. The molecule has 3 aromatic rings. The SMILES string of the molecule is CCN(c1nc(C)c(C(=O)OC)s1)c1ccc(C2CC2)c2ccccc12. The summed E-state index contributed by atoms with van der Waals surface area (Å²) in [7, 11) is 1.41. The van der Waals surface area contributed by atoms with Gasteiger partial charge in [0.1, 0.15) is 4.88 Å². The number of hydrogen-bond donors (Lipinski definition) is 0. The molecule has 1 heterocycles. The molecule has 0 amide bonds. The van der Waals surface area contributed by atoms with Crippen LogP contribution in [0, 0.1) is 6.92 Å². The molecule has 0 N–H and O–H groups in total. The van der Waals surface area contributed by atoms with Gasteiger partial charge >= 0.3 is 5.97 Å². The summed E-state index contributed by atoms with van der Waals surface area (Å²) in [6, 6.07) is 13.1. The molecule has 26 heavy (non-hydrogen) atoms. The van der Waals surface area contributed by atoms with Gasteiger partial charge in [0.15, 0.2) is 5.13 Å². The van der Waals surface area contributed by atoms with Crippen LogP contribution in [-0.4, -0.2) is 24.6 Å². The van der Waals surface area contributed by atoms with Crippen molar-refractivity contribution in [3.63, 3.8) is 0 Å². The lowest BCUT2D eigenvalue weighted by Crippen LogP contribution is -2.16. The summed E-state index contributed by atoms with van der Waals surface area (Å²) in [4.78, 5) is 19.4. The average molecular weight is 366 g/mol. The number of methoxy groups -OCH3 is 1. The van der Waals surface area contributed by atoms with Gasteiger partial charge in [-0.1, -0.05) is 41.7 Å². The zero-order valence-electron chi connectivity index (χ0n) is 15.3. The van der Waals surface area contributed by atoms with E-state index in [0.29, 0.717) is 16.5 Å². The highest BCUT2D eigenvalue weighted by molar-refractivity contribution is 7.17. The van der Waals surface area contributed by atoms with Gasteiger partial charge in [-0.15, -0.1) is 0 Å². The van der Waals surface area contributed by atoms with Crippen LogP contribution in [0.3, 0.4) is 0 Å². The second kappa shape index (κ2) is 6.72. The second-order valence-electron chi connectivity index (χ2n) is 6.64. The Labute approximate surface area is 157 Å². The summed E-state index contributed by atoms with van der Waals surface area (Å²) >= 11 is 1.39. The minimum Gasteiger partial charge on any atom is -0.465 e. The van der Waals surface area contributed by atoms with Crippen LogP contribution in [-0.2, 0) is 4.74 Å². The molecule has 0 aliphatic heterocycles. The molecule has 0 radical (unpaired) electrons. The highest BCUT2D eigenvalue weighted by Crippen LogP contribution is 2.45. The minimum absolute atomic E-state index is 0.323. The zero-order valence-corrected chi connectivity index (χ0v) is 16.1. The molecule has 0 unspecified atom stereocenters. The van der Waals surface area contributed by atoms with Crippen molar-refractivity contribution in [2.45, 2.75) is 32.6 Å². The predicted octanol–water partition coefficient (Wildman–Crippen LogP) is 5.43. The molecule has 1 aromatic heterocycles. The fourth-order valence-electron chi connectivity index (χ4n) is 3.48. The molecule has 2 aromatic carbocycles. The molecule has 0 bridgehead atoms. The van der Waals surface area contributed by atoms with Crippen molar-refractivity contribution in [1.82, 2.24) is 4.98 Å². The third-order valence-corrected chi connectivity index (χ3v) is 6.11. The van der Waals surface area contributed by atoms with Gasteiger partial charge in [0.05, 0.1) is 18.5 Å². The van der Waals surface area contributed by atoms with Crippen LogP contribution in [0.2, 0.25) is 0 Å². The lowest BCUT2D eigenvalue weighted by atomic mass is 9.99. The normalized spacial score (nSPS) is 13.8. The van der Waals surface area contributed by atoms with E-state index in [1.807, 2.05) is 6.92 Å². The predicted molar refractivity (Wildman–Crippen MR) is 107 cm³/mol. The molecular formula is C21H22N2O2S. The standard InChI is InChI=1S/C21H22N2O2S/c1-4-23(21-22-13(2)19(26-21)20(24)25-3)18-12-11-15(14-9-10-14)16-7-5-6-8-17(16)18/h5-8,11-12,14H,4,9-10H2,1-3H3. The Morgan fingerprint density at radius 2 is 1.96 bits per heavy atom. The molecule has 134 valence electrons. The molecule has 0 atom stereocenters. The van der Waals surface area contributed by atoms with Crippen molar-refractivity contribution in [1.29, 1.82) is 0 Å². The van der Waals surface area contributed by atoms with Gasteiger partial charge in [-0.2, -0.15) is 0 Å². The first-order valence-corrected chi connectivity index (χ1v) is 9.80. The van der Waals surface area contributed by atoms with Gasteiger partial charge in [0, 0.05) is 11.9 Å². The van der Waals surface area contributed by atoms with Crippen molar-refractivity contribution >= 4 is 38.9 Å². The number of thiazole rings is 1. The Morgan fingerprint density at radius 3 is 2.62 bits per heavy atom. The number of fused-ring (bicyclic) bond motifs is 1. The lowest BCUT2D eigenvalue weighted by molar-refractivity contribution is 0.0605. The monoisotopic (exact) mass is 366 g/mol. The zero-order chi connectivity index (χ0) is 18.3. The highest BCUT2D eigenvalue weighted by atomic mass is 32.1. The number of aryl methyl sites for hydroxylation is 1. The molecule has 4 rings (SSSR count). The Balaban J connectivity index is 1.83. The Kier molecular flexibility index (Phi) is 4.41. The fraction of sp³-hybridized carbons (Fsp3) is 0.333. The number of carbonyl (C=O) groups is 1. The van der Waals surface area contributed by atoms with Gasteiger partial charge in [0.25, 0.3) is 0 Å². The summed E-state index contributed by atoms with van der Waals surface area (Å²) in [5, 5.41) is 3.40. The van der Waals surface area contributed by atoms with Crippen LogP contribution in [0.4, 0.5) is 10.8 Å². The number of rotatable bonds is 5. The minimum atomic E-state index is -0.323. The van der Waals surface area contributed by atoms with E-state index in [1.54, 1.807) is 0 Å². The van der Waals surface area contributed by atoms with Crippen molar-refractivity contribution in [3.05, 3.63) is 52.5 Å². The first-order valence-electron chi connectivity index (χ1n) is 8.99. The summed E-state index contributed by atoms with van der Waals surface area (Å²) in [6.45, 7) is 4.74. The van der Waals surface area contributed by atoms with Crippen LogP contribution in [0.5, 0.6) is 0 Å². The van der Waals surface area contributed by atoms with Crippen LogP contribution in [0.25, 0.3) is 10.8 Å². The van der Waals surface area contributed by atoms with Crippen LogP contribution >= 0.6 is 11.3 Å². The smallest absolute Gasteiger partial charge is 0.350 e. The molecule has 1 aliphatic carbocycles. The number of ether oxygens (including phenoxy) is 1. The van der Waals surface area contributed by atoms with Crippen molar-refractivity contribution in [3.8, 4) is 0 Å². The fourth-order valence-corrected chi connectivity index (χ4v) is 4.54. The van der Waals surface area contributed by atoms with Gasteiger partial charge < -0.3 is 9.64 Å². The van der Waals surface area contributed by atoms with E-state index in [0.717, 1.165) is 17.4 Å². The molecule has 1 fully saturated rings. The largest absolute Gasteiger partial charge is 0.465 e. The van der Waals surface area contributed by atoms with Crippen LogP contribution in [0.1, 0.15) is 46.6 Å². The Bertz CT molecular complexity index is 975. The number of anilines is 2. The van der Waals surface area contributed by atoms with E-state index < -0.39 is 0 Å². The number of aromatic nitrogens is 1. The van der Waals surface area contributed by atoms with Gasteiger partial charge in [-0.05, 0) is 49.6 Å². The average Bonchev–Trinajstić information content (AvgIpc) is 3.44. The first kappa shape index (κ1) is 17.0. The number of esters is 1.